The summed E-state index contributed by atoms with van der Waals surface area (Å²) in [4.78, 5) is 40.2. The molecule has 0 N–H and O–H groups in total. The Kier molecular flexibility index (Phi) is 2.85. The number of hydrogen-bond donors (Lipinski definition) is 0. The summed E-state index contributed by atoms with van der Waals surface area (Å²) < 4.78 is 0. The van der Waals surface area contributed by atoms with E-state index in [-0.39, 0.29) is 23.5 Å². The molecule has 124 valence electrons. The first kappa shape index (κ1) is 14.6. The molecule has 3 aliphatic carbocycles. The number of rotatable bonds is 1. The Bertz CT molecular complexity index is 930. The van der Waals surface area contributed by atoms with Gasteiger partial charge in [-0.3, -0.25) is 19.3 Å². The zero-order valence-corrected chi connectivity index (χ0v) is 13.8. The van der Waals surface area contributed by atoms with Crippen molar-refractivity contribution in [2.45, 2.75) is 25.2 Å². The summed E-state index contributed by atoms with van der Waals surface area (Å²) in [6, 6.07) is 15.2. The molecule has 4 nitrogen and oxygen atoms in total. The van der Waals surface area contributed by atoms with Crippen LogP contribution in [0.15, 0.2) is 48.5 Å². The minimum atomic E-state index is -0.546. The first-order chi connectivity index (χ1) is 12.1. The van der Waals surface area contributed by atoms with Crippen molar-refractivity contribution in [2.75, 3.05) is 4.90 Å². The molecule has 4 atom stereocenters. The smallest absolute Gasteiger partial charge is 0.238 e. The summed E-state index contributed by atoms with van der Waals surface area (Å²) in [5, 5.41) is 0. The molecule has 6 rings (SSSR count). The average molecular weight is 331 g/mol. The van der Waals surface area contributed by atoms with E-state index >= 15 is 0 Å². The standard InChI is InChI=1S/C21H17NO3/c1-11-6-8-12(9-7-11)22-20(24)18-15-10-16(23)17(19(18)21(22)25)14-5-3-2-4-13(14)15/h2-9,15,17-19H,10H2,1H3/t15-,17-,18+,19+/m0/s1. The lowest BCUT2D eigenvalue weighted by Crippen LogP contribution is -2.44. The van der Waals surface area contributed by atoms with Crippen LogP contribution in [-0.2, 0) is 14.4 Å². The van der Waals surface area contributed by atoms with Gasteiger partial charge in [0.05, 0.1) is 23.4 Å². The molecule has 25 heavy (non-hydrogen) atoms. The number of imide groups is 1. The van der Waals surface area contributed by atoms with E-state index < -0.39 is 17.8 Å². The molecule has 1 saturated carbocycles. The molecule has 1 aliphatic heterocycles. The number of hydrogen-bond acceptors (Lipinski definition) is 3. The number of carbonyl (C=O) groups excluding carboxylic acids is 3. The molecule has 0 aromatic heterocycles. The topological polar surface area (TPSA) is 54.5 Å². The zero-order chi connectivity index (χ0) is 17.3. The predicted octanol–water partition coefficient (Wildman–Crippen LogP) is 2.95. The average Bonchev–Trinajstić information content (AvgIpc) is 2.88. The molecule has 0 unspecified atom stereocenters. The predicted molar refractivity (Wildman–Crippen MR) is 92.2 cm³/mol. The summed E-state index contributed by atoms with van der Waals surface area (Å²) in [6.07, 6.45) is 0.365. The van der Waals surface area contributed by atoms with Crippen molar-refractivity contribution in [3.63, 3.8) is 0 Å². The lowest BCUT2D eigenvalue weighted by molar-refractivity contribution is -0.134. The number of ketones is 1. The van der Waals surface area contributed by atoms with Crippen LogP contribution in [0.1, 0.15) is 34.9 Å². The molecule has 4 heteroatoms. The molecular weight excluding hydrogens is 314 g/mol. The van der Waals surface area contributed by atoms with Crippen molar-refractivity contribution < 1.29 is 14.4 Å². The molecule has 4 aliphatic rings. The second-order valence-electron chi connectivity index (χ2n) is 7.28. The number of anilines is 1. The summed E-state index contributed by atoms with van der Waals surface area (Å²) in [5.41, 5.74) is 3.69. The van der Waals surface area contributed by atoms with Gasteiger partial charge in [-0.1, -0.05) is 42.0 Å². The van der Waals surface area contributed by atoms with E-state index in [1.165, 1.54) is 4.90 Å². The Labute approximate surface area is 145 Å². The van der Waals surface area contributed by atoms with E-state index in [9.17, 15) is 14.4 Å². The Morgan fingerprint density at radius 1 is 0.840 bits per heavy atom. The van der Waals surface area contributed by atoms with Crippen LogP contribution in [0.4, 0.5) is 5.69 Å². The molecule has 2 bridgehead atoms. The van der Waals surface area contributed by atoms with Gasteiger partial charge in [-0.25, -0.2) is 0 Å². The lowest BCUT2D eigenvalue weighted by Gasteiger charge is -2.43. The second kappa shape index (κ2) is 4.88. The van der Waals surface area contributed by atoms with Crippen LogP contribution < -0.4 is 4.90 Å². The number of fused-ring (bicyclic) bond motifs is 1. The number of nitrogens with zero attached hydrogens (tertiary/aromatic N) is 1. The van der Waals surface area contributed by atoms with Gasteiger partial charge in [0.2, 0.25) is 11.8 Å². The Morgan fingerprint density at radius 2 is 1.48 bits per heavy atom. The highest BCUT2D eigenvalue weighted by molar-refractivity contribution is 6.24. The molecule has 0 spiro atoms. The maximum absolute atomic E-state index is 13.1. The molecule has 1 heterocycles. The van der Waals surface area contributed by atoms with Gasteiger partial charge in [0.25, 0.3) is 0 Å². The van der Waals surface area contributed by atoms with Crippen LogP contribution in [0.25, 0.3) is 0 Å². The Balaban J connectivity index is 1.65. The van der Waals surface area contributed by atoms with Crippen LogP contribution >= 0.6 is 0 Å². The van der Waals surface area contributed by atoms with Gasteiger partial charge in [0.15, 0.2) is 0 Å². The molecule has 2 amide bonds. The third kappa shape index (κ3) is 1.79. The fourth-order valence-electron chi connectivity index (χ4n) is 4.91. The molecule has 2 fully saturated rings. The number of benzene rings is 2. The van der Waals surface area contributed by atoms with Crippen LogP contribution in [0.2, 0.25) is 0 Å². The van der Waals surface area contributed by atoms with Gasteiger partial charge in [0, 0.05) is 12.3 Å². The number of Topliss-reactive ketones (excluding diaryl/α,β-unsaturated/α-hetero) is 1. The lowest BCUT2D eigenvalue weighted by atomic mass is 9.56. The van der Waals surface area contributed by atoms with E-state index in [1.54, 1.807) is 12.1 Å². The highest BCUT2D eigenvalue weighted by Crippen LogP contribution is 2.57. The first-order valence-electron chi connectivity index (χ1n) is 8.64. The third-order valence-corrected chi connectivity index (χ3v) is 5.98. The van der Waals surface area contributed by atoms with Crippen LogP contribution in [0.3, 0.4) is 0 Å². The molecule has 0 radical (unpaired) electrons. The van der Waals surface area contributed by atoms with E-state index in [2.05, 4.69) is 0 Å². The molecule has 2 aromatic rings. The highest BCUT2D eigenvalue weighted by atomic mass is 16.2. The minimum Gasteiger partial charge on any atom is -0.299 e. The normalized spacial score (nSPS) is 29.8. The van der Waals surface area contributed by atoms with E-state index in [1.807, 2.05) is 43.3 Å². The van der Waals surface area contributed by atoms with Gasteiger partial charge < -0.3 is 0 Å². The van der Waals surface area contributed by atoms with Gasteiger partial charge in [0.1, 0.15) is 5.78 Å². The van der Waals surface area contributed by atoms with Gasteiger partial charge in [-0.2, -0.15) is 0 Å². The summed E-state index contributed by atoms with van der Waals surface area (Å²) >= 11 is 0. The molecule has 1 saturated heterocycles. The maximum atomic E-state index is 13.1. The van der Waals surface area contributed by atoms with Gasteiger partial charge >= 0.3 is 0 Å². The van der Waals surface area contributed by atoms with Crippen molar-refractivity contribution in [3.05, 3.63) is 65.2 Å². The fourth-order valence-corrected chi connectivity index (χ4v) is 4.91. The van der Waals surface area contributed by atoms with Crippen LogP contribution in [0.5, 0.6) is 0 Å². The third-order valence-electron chi connectivity index (χ3n) is 5.98. The maximum Gasteiger partial charge on any atom is 0.238 e. The van der Waals surface area contributed by atoms with Crippen molar-refractivity contribution >= 4 is 23.3 Å². The number of amides is 2. The Morgan fingerprint density at radius 3 is 2.20 bits per heavy atom. The Hall–Kier alpha value is -2.75. The van der Waals surface area contributed by atoms with Gasteiger partial charge in [-0.05, 0) is 30.2 Å². The van der Waals surface area contributed by atoms with Crippen molar-refractivity contribution in [3.8, 4) is 0 Å². The minimum absolute atomic E-state index is 0.0943. The largest absolute Gasteiger partial charge is 0.299 e. The molecular formula is C21H17NO3. The summed E-state index contributed by atoms with van der Waals surface area (Å²) in [5.74, 6) is -1.89. The summed E-state index contributed by atoms with van der Waals surface area (Å²) in [6.45, 7) is 1.96. The molecule has 2 aromatic carbocycles. The van der Waals surface area contributed by atoms with Crippen molar-refractivity contribution in [2.24, 2.45) is 11.8 Å². The monoisotopic (exact) mass is 331 g/mol. The first-order valence-corrected chi connectivity index (χ1v) is 8.64. The second-order valence-corrected chi connectivity index (χ2v) is 7.28. The van der Waals surface area contributed by atoms with Gasteiger partial charge in [-0.15, -0.1) is 0 Å². The van der Waals surface area contributed by atoms with E-state index in [4.69, 9.17) is 0 Å². The number of carbonyl (C=O) groups is 3. The SMILES string of the molecule is Cc1ccc(N2C(=O)[C@H]3[C@H](C2=O)[C@H]2CC(=O)[C@@H]3c3ccccc32)cc1. The van der Waals surface area contributed by atoms with E-state index in [0.717, 1.165) is 16.7 Å². The van der Waals surface area contributed by atoms with Crippen LogP contribution in [0, 0.1) is 18.8 Å². The van der Waals surface area contributed by atoms with Crippen molar-refractivity contribution in [1.82, 2.24) is 0 Å². The highest BCUT2D eigenvalue weighted by Gasteiger charge is 2.62. The van der Waals surface area contributed by atoms with Crippen LogP contribution in [-0.4, -0.2) is 17.6 Å². The zero-order valence-electron chi connectivity index (χ0n) is 13.8. The number of aryl methyl sites for hydroxylation is 1. The van der Waals surface area contributed by atoms with E-state index in [0.29, 0.717) is 12.1 Å². The summed E-state index contributed by atoms with van der Waals surface area (Å²) in [7, 11) is 0. The quantitative estimate of drug-likeness (QED) is 0.755. The fraction of sp³-hybridized carbons (Fsp3) is 0.286. The van der Waals surface area contributed by atoms with Crippen molar-refractivity contribution in [1.29, 1.82) is 0 Å².